The summed E-state index contributed by atoms with van der Waals surface area (Å²) in [6.07, 6.45) is 0. The molecule has 1 unspecified atom stereocenters. The quantitative estimate of drug-likeness (QED) is 0.859. The summed E-state index contributed by atoms with van der Waals surface area (Å²) in [5.74, 6) is 0.962. The summed E-state index contributed by atoms with van der Waals surface area (Å²) in [6, 6.07) is 8.78. The average molecular weight is 263 g/mol. The topological polar surface area (TPSA) is 27.7 Å². The van der Waals surface area contributed by atoms with Gasteiger partial charge in [-0.3, -0.25) is 4.90 Å². The van der Waals surface area contributed by atoms with Gasteiger partial charge in [0.25, 0.3) is 0 Å². The van der Waals surface area contributed by atoms with Crippen LogP contribution in [0.1, 0.15) is 5.56 Å². The minimum atomic E-state index is 0.591. The molecule has 0 bridgehead atoms. The van der Waals surface area contributed by atoms with Gasteiger partial charge >= 0.3 is 0 Å². The number of hydrogen-bond acceptors (Lipinski definition) is 4. The highest BCUT2D eigenvalue weighted by molar-refractivity contribution is 5.32. The van der Waals surface area contributed by atoms with Crippen LogP contribution in [0.15, 0.2) is 24.3 Å². The predicted octanol–water partition coefficient (Wildman–Crippen LogP) is 1.03. The van der Waals surface area contributed by atoms with E-state index in [1.54, 1.807) is 7.11 Å². The van der Waals surface area contributed by atoms with E-state index in [0.717, 1.165) is 31.9 Å². The molecule has 0 radical (unpaired) electrons. The van der Waals surface area contributed by atoms with Crippen molar-refractivity contribution in [3.8, 4) is 5.75 Å². The molecule has 19 heavy (non-hydrogen) atoms. The van der Waals surface area contributed by atoms with Gasteiger partial charge in [0.2, 0.25) is 0 Å². The van der Waals surface area contributed by atoms with Crippen molar-refractivity contribution in [1.29, 1.82) is 0 Å². The Labute approximate surface area is 116 Å². The second-order valence-corrected chi connectivity index (χ2v) is 5.34. The zero-order chi connectivity index (χ0) is 13.7. The SMILES string of the molecule is COc1ccccc1CNCC1CN(C)CCN1C. The van der Waals surface area contributed by atoms with Gasteiger partial charge in [0.05, 0.1) is 7.11 Å². The predicted molar refractivity (Wildman–Crippen MR) is 78.6 cm³/mol. The molecule has 1 aromatic rings. The van der Waals surface area contributed by atoms with Gasteiger partial charge in [-0.05, 0) is 20.2 Å². The lowest BCUT2D eigenvalue weighted by molar-refractivity contribution is 0.113. The van der Waals surface area contributed by atoms with Crippen molar-refractivity contribution >= 4 is 0 Å². The normalized spacial score (nSPS) is 21.5. The Hall–Kier alpha value is -1.10. The van der Waals surface area contributed by atoms with Gasteiger partial charge in [-0.1, -0.05) is 18.2 Å². The molecule has 0 amide bonds. The maximum atomic E-state index is 5.37. The van der Waals surface area contributed by atoms with Crippen molar-refractivity contribution in [3.05, 3.63) is 29.8 Å². The first-order valence-electron chi connectivity index (χ1n) is 6.92. The van der Waals surface area contributed by atoms with E-state index in [-0.39, 0.29) is 0 Å². The first kappa shape index (κ1) is 14.3. The van der Waals surface area contributed by atoms with E-state index in [2.05, 4.69) is 41.3 Å². The highest BCUT2D eigenvalue weighted by Crippen LogP contribution is 2.16. The highest BCUT2D eigenvalue weighted by atomic mass is 16.5. The summed E-state index contributed by atoms with van der Waals surface area (Å²) in [6.45, 7) is 5.32. The molecule has 106 valence electrons. The van der Waals surface area contributed by atoms with Gasteiger partial charge in [-0.25, -0.2) is 0 Å². The van der Waals surface area contributed by atoms with Crippen LogP contribution in [-0.4, -0.2) is 63.2 Å². The zero-order valence-corrected chi connectivity index (χ0v) is 12.2. The fourth-order valence-electron chi connectivity index (χ4n) is 2.54. The molecule has 0 saturated carbocycles. The Balaban J connectivity index is 1.82. The Kier molecular flexibility index (Phi) is 5.19. The van der Waals surface area contributed by atoms with Crippen LogP contribution in [0, 0.1) is 0 Å². The highest BCUT2D eigenvalue weighted by Gasteiger charge is 2.21. The molecular formula is C15H25N3O. The molecule has 1 fully saturated rings. The van der Waals surface area contributed by atoms with E-state index in [1.165, 1.54) is 12.1 Å². The van der Waals surface area contributed by atoms with Gasteiger partial charge < -0.3 is 15.0 Å². The monoisotopic (exact) mass is 263 g/mol. The molecule has 1 heterocycles. The number of piperazine rings is 1. The molecule has 1 aromatic carbocycles. The van der Waals surface area contributed by atoms with E-state index < -0.39 is 0 Å². The lowest BCUT2D eigenvalue weighted by Crippen LogP contribution is -2.53. The molecule has 4 heteroatoms. The molecule has 0 spiro atoms. The maximum Gasteiger partial charge on any atom is 0.123 e. The van der Waals surface area contributed by atoms with Crippen molar-refractivity contribution in [1.82, 2.24) is 15.1 Å². The van der Waals surface area contributed by atoms with Crippen LogP contribution in [0.5, 0.6) is 5.75 Å². The molecule has 1 aliphatic rings. The second kappa shape index (κ2) is 6.89. The Bertz CT molecular complexity index is 397. The van der Waals surface area contributed by atoms with Crippen molar-refractivity contribution in [2.45, 2.75) is 12.6 Å². The van der Waals surface area contributed by atoms with E-state index in [4.69, 9.17) is 4.74 Å². The summed E-state index contributed by atoms with van der Waals surface area (Å²) < 4.78 is 5.37. The van der Waals surface area contributed by atoms with E-state index >= 15 is 0 Å². The van der Waals surface area contributed by atoms with Crippen molar-refractivity contribution < 1.29 is 4.74 Å². The Morgan fingerprint density at radius 1 is 1.26 bits per heavy atom. The third kappa shape index (κ3) is 3.93. The molecule has 1 atom stereocenters. The summed E-state index contributed by atoms with van der Waals surface area (Å²) in [7, 11) is 6.13. The van der Waals surface area contributed by atoms with Crippen molar-refractivity contribution in [3.63, 3.8) is 0 Å². The number of ether oxygens (including phenoxy) is 1. The van der Waals surface area contributed by atoms with Crippen LogP contribution in [-0.2, 0) is 6.54 Å². The van der Waals surface area contributed by atoms with E-state index in [0.29, 0.717) is 6.04 Å². The first-order chi connectivity index (χ1) is 9.20. The van der Waals surface area contributed by atoms with E-state index in [1.807, 2.05) is 12.1 Å². The Morgan fingerprint density at radius 3 is 2.84 bits per heavy atom. The third-order valence-electron chi connectivity index (χ3n) is 3.87. The smallest absolute Gasteiger partial charge is 0.123 e. The third-order valence-corrected chi connectivity index (χ3v) is 3.87. The van der Waals surface area contributed by atoms with Crippen LogP contribution >= 0.6 is 0 Å². The van der Waals surface area contributed by atoms with Gasteiger partial charge in [-0.2, -0.15) is 0 Å². The number of hydrogen-bond donors (Lipinski definition) is 1. The molecule has 2 rings (SSSR count). The molecule has 1 aliphatic heterocycles. The number of methoxy groups -OCH3 is 1. The number of para-hydroxylation sites is 1. The lowest BCUT2D eigenvalue weighted by Gasteiger charge is -2.37. The zero-order valence-electron chi connectivity index (χ0n) is 12.2. The lowest BCUT2D eigenvalue weighted by atomic mass is 10.1. The average Bonchev–Trinajstić information content (AvgIpc) is 2.43. The fraction of sp³-hybridized carbons (Fsp3) is 0.600. The van der Waals surface area contributed by atoms with Gasteiger partial charge in [0, 0.05) is 44.3 Å². The minimum absolute atomic E-state index is 0.591. The summed E-state index contributed by atoms with van der Waals surface area (Å²) in [5, 5.41) is 3.55. The standard InChI is InChI=1S/C15H25N3O/c1-17-8-9-18(2)14(12-17)11-16-10-13-6-4-5-7-15(13)19-3/h4-7,14,16H,8-12H2,1-3H3. The van der Waals surface area contributed by atoms with Crippen molar-refractivity contribution in [2.75, 3.05) is 47.4 Å². The van der Waals surface area contributed by atoms with Crippen LogP contribution < -0.4 is 10.1 Å². The molecule has 1 N–H and O–H groups in total. The minimum Gasteiger partial charge on any atom is -0.496 e. The van der Waals surface area contributed by atoms with Gasteiger partial charge in [-0.15, -0.1) is 0 Å². The van der Waals surface area contributed by atoms with Crippen LogP contribution in [0.2, 0.25) is 0 Å². The van der Waals surface area contributed by atoms with Crippen LogP contribution in [0.25, 0.3) is 0 Å². The summed E-state index contributed by atoms with van der Waals surface area (Å²) in [4.78, 5) is 4.84. The second-order valence-electron chi connectivity index (χ2n) is 5.34. The van der Waals surface area contributed by atoms with Gasteiger partial charge in [0.15, 0.2) is 0 Å². The first-order valence-corrected chi connectivity index (χ1v) is 6.92. The number of likely N-dealkylation sites (N-methyl/N-ethyl adjacent to an activating group) is 2. The van der Waals surface area contributed by atoms with Crippen LogP contribution in [0.4, 0.5) is 0 Å². The molecule has 0 aliphatic carbocycles. The van der Waals surface area contributed by atoms with Crippen molar-refractivity contribution in [2.24, 2.45) is 0 Å². The number of nitrogens with zero attached hydrogens (tertiary/aromatic N) is 2. The molecular weight excluding hydrogens is 238 g/mol. The Morgan fingerprint density at radius 2 is 2.05 bits per heavy atom. The largest absolute Gasteiger partial charge is 0.496 e. The van der Waals surface area contributed by atoms with Crippen LogP contribution in [0.3, 0.4) is 0 Å². The van der Waals surface area contributed by atoms with E-state index in [9.17, 15) is 0 Å². The number of nitrogens with one attached hydrogen (secondary N) is 1. The number of rotatable bonds is 5. The summed E-state index contributed by atoms with van der Waals surface area (Å²) >= 11 is 0. The van der Waals surface area contributed by atoms with Gasteiger partial charge in [0.1, 0.15) is 5.75 Å². The molecule has 0 aromatic heterocycles. The fourth-order valence-corrected chi connectivity index (χ4v) is 2.54. The summed E-state index contributed by atoms with van der Waals surface area (Å²) in [5.41, 5.74) is 1.22. The molecule has 4 nitrogen and oxygen atoms in total. The maximum absolute atomic E-state index is 5.37. The molecule has 1 saturated heterocycles. The number of benzene rings is 1.